The third kappa shape index (κ3) is 3.71. The third-order valence-electron chi connectivity index (χ3n) is 3.73. The number of aromatic nitrogens is 2. The topological polar surface area (TPSA) is 68.0 Å². The van der Waals surface area contributed by atoms with Crippen LogP contribution in [0, 0.1) is 13.8 Å². The maximum Gasteiger partial charge on any atom is 0.226 e. The summed E-state index contributed by atoms with van der Waals surface area (Å²) in [4.78, 5) is 20.9. The molecular weight excluding hydrogens is 322 g/mol. The first-order valence-corrected chi connectivity index (χ1v) is 8.62. The number of carbonyl (C=O) groups is 1. The van der Waals surface area contributed by atoms with Gasteiger partial charge < -0.3 is 9.73 Å². The molecule has 1 atom stereocenters. The average Bonchev–Trinajstić information content (AvgIpc) is 3.14. The van der Waals surface area contributed by atoms with Gasteiger partial charge in [-0.15, -0.1) is 11.3 Å². The second-order valence-corrected chi connectivity index (χ2v) is 6.58. The zero-order chi connectivity index (χ0) is 17.1. The lowest BCUT2D eigenvalue weighted by atomic mass is 10.1. The van der Waals surface area contributed by atoms with E-state index in [1.54, 1.807) is 12.4 Å². The van der Waals surface area contributed by atoms with E-state index in [0.717, 1.165) is 33.3 Å². The fourth-order valence-electron chi connectivity index (χ4n) is 2.63. The van der Waals surface area contributed by atoms with Crippen LogP contribution in [-0.2, 0) is 11.2 Å². The minimum Gasteiger partial charge on any atom is -0.466 e. The smallest absolute Gasteiger partial charge is 0.226 e. The second kappa shape index (κ2) is 6.97. The Morgan fingerprint density at radius 1 is 1.42 bits per heavy atom. The lowest BCUT2D eigenvalue weighted by Crippen LogP contribution is -2.28. The molecule has 0 aliphatic heterocycles. The standard InChI is InChI=1S/C18H19N3O2S/c1-11-7-16(13(3)23-11)12(2)20-17(22)8-15-10-24-18(21-15)14-5-4-6-19-9-14/h4-7,9-10,12H,8H2,1-3H3,(H,20,22). The summed E-state index contributed by atoms with van der Waals surface area (Å²) in [5, 5.41) is 5.79. The van der Waals surface area contributed by atoms with Crippen LogP contribution in [0.3, 0.4) is 0 Å². The molecule has 124 valence electrons. The van der Waals surface area contributed by atoms with Crippen molar-refractivity contribution in [2.24, 2.45) is 0 Å². The maximum atomic E-state index is 12.3. The largest absolute Gasteiger partial charge is 0.466 e. The van der Waals surface area contributed by atoms with Crippen LogP contribution < -0.4 is 5.32 Å². The molecule has 1 N–H and O–H groups in total. The Labute approximate surface area is 144 Å². The van der Waals surface area contributed by atoms with Gasteiger partial charge in [0.1, 0.15) is 16.5 Å². The Hall–Kier alpha value is -2.47. The van der Waals surface area contributed by atoms with Gasteiger partial charge in [0.15, 0.2) is 0 Å². The summed E-state index contributed by atoms with van der Waals surface area (Å²) < 4.78 is 5.52. The molecule has 3 aromatic rings. The molecule has 0 spiro atoms. The van der Waals surface area contributed by atoms with Crippen LogP contribution in [0.4, 0.5) is 0 Å². The van der Waals surface area contributed by atoms with E-state index >= 15 is 0 Å². The predicted octanol–water partition coefficient (Wildman–Crippen LogP) is 3.83. The minimum atomic E-state index is -0.0913. The number of pyridine rings is 1. The summed E-state index contributed by atoms with van der Waals surface area (Å²) in [6, 6.07) is 5.71. The Bertz CT molecular complexity index is 839. The number of rotatable bonds is 5. The third-order valence-corrected chi connectivity index (χ3v) is 4.67. The number of thiazole rings is 1. The zero-order valence-corrected chi connectivity index (χ0v) is 14.7. The highest BCUT2D eigenvalue weighted by Gasteiger charge is 2.16. The van der Waals surface area contributed by atoms with Gasteiger partial charge in [-0.25, -0.2) is 4.98 Å². The number of amides is 1. The second-order valence-electron chi connectivity index (χ2n) is 5.72. The van der Waals surface area contributed by atoms with E-state index in [2.05, 4.69) is 15.3 Å². The number of hydrogen-bond donors (Lipinski definition) is 1. The summed E-state index contributed by atoms with van der Waals surface area (Å²) in [7, 11) is 0. The average molecular weight is 341 g/mol. The fourth-order valence-corrected chi connectivity index (χ4v) is 3.44. The lowest BCUT2D eigenvalue weighted by molar-refractivity contribution is -0.121. The molecule has 0 radical (unpaired) electrons. The van der Waals surface area contributed by atoms with E-state index in [0.29, 0.717) is 0 Å². The zero-order valence-electron chi connectivity index (χ0n) is 13.9. The van der Waals surface area contributed by atoms with Crippen LogP contribution in [0.15, 0.2) is 40.4 Å². The van der Waals surface area contributed by atoms with E-state index in [9.17, 15) is 4.79 Å². The van der Waals surface area contributed by atoms with Gasteiger partial charge in [0, 0.05) is 28.9 Å². The molecule has 24 heavy (non-hydrogen) atoms. The van der Waals surface area contributed by atoms with Crippen LogP contribution in [0.5, 0.6) is 0 Å². The number of nitrogens with zero attached hydrogens (tertiary/aromatic N) is 2. The summed E-state index contributed by atoms with van der Waals surface area (Å²) in [6.45, 7) is 5.77. The van der Waals surface area contributed by atoms with E-state index in [-0.39, 0.29) is 18.4 Å². The van der Waals surface area contributed by atoms with E-state index < -0.39 is 0 Å². The van der Waals surface area contributed by atoms with Gasteiger partial charge in [0.2, 0.25) is 5.91 Å². The van der Waals surface area contributed by atoms with Crippen molar-refractivity contribution in [1.29, 1.82) is 0 Å². The highest BCUT2D eigenvalue weighted by Crippen LogP contribution is 2.24. The molecule has 1 unspecified atom stereocenters. The normalized spacial score (nSPS) is 12.1. The van der Waals surface area contributed by atoms with E-state index in [1.807, 2.05) is 44.4 Å². The molecule has 0 fully saturated rings. The molecule has 1 amide bonds. The molecule has 3 rings (SSSR count). The van der Waals surface area contributed by atoms with E-state index in [1.165, 1.54) is 11.3 Å². The van der Waals surface area contributed by atoms with Crippen molar-refractivity contribution < 1.29 is 9.21 Å². The quantitative estimate of drug-likeness (QED) is 0.766. The summed E-state index contributed by atoms with van der Waals surface area (Å²) in [5.41, 5.74) is 2.74. The lowest BCUT2D eigenvalue weighted by Gasteiger charge is -2.12. The Balaban J connectivity index is 1.63. The van der Waals surface area contributed by atoms with Gasteiger partial charge >= 0.3 is 0 Å². The van der Waals surface area contributed by atoms with Gasteiger partial charge in [-0.2, -0.15) is 0 Å². The first kappa shape index (κ1) is 16.4. The van der Waals surface area contributed by atoms with Crippen LogP contribution in [-0.4, -0.2) is 15.9 Å². The molecule has 5 nitrogen and oxygen atoms in total. The van der Waals surface area contributed by atoms with Crippen LogP contribution in [0.1, 0.15) is 35.7 Å². The molecule has 0 bridgehead atoms. The number of hydrogen-bond acceptors (Lipinski definition) is 5. The van der Waals surface area contributed by atoms with Crippen molar-refractivity contribution in [1.82, 2.24) is 15.3 Å². The van der Waals surface area contributed by atoms with Crippen molar-refractivity contribution in [3.05, 3.63) is 58.8 Å². The van der Waals surface area contributed by atoms with Crippen molar-refractivity contribution in [2.45, 2.75) is 33.2 Å². The van der Waals surface area contributed by atoms with Crippen molar-refractivity contribution in [3.63, 3.8) is 0 Å². The molecule has 0 saturated heterocycles. The number of furan rings is 1. The fraction of sp³-hybridized carbons (Fsp3) is 0.278. The SMILES string of the molecule is Cc1cc(C(C)NC(=O)Cc2csc(-c3cccnc3)n2)c(C)o1. The first-order valence-electron chi connectivity index (χ1n) is 7.74. The molecule has 0 aliphatic rings. The number of nitrogens with one attached hydrogen (secondary N) is 1. The summed E-state index contributed by atoms with van der Waals surface area (Å²) >= 11 is 1.52. The molecule has 0 aliphatic carbocycles. The number of aryl methyl sites for hydroxylation is 2. The summed E-state index contributed by atoms with van der Waals surface area (Å²) in [6.07, 6.45) is 3.76. The van der Waals surface area contributed by atoms with Crippen LogP contribution >= 0.6 is 11.3 Å². The van der Waals surface area contributed by atoms with Crippen molar-refractivity contribution >= 4 is 17.2 Å². The van der Waals surface area contributed by atoms with Crippen LogP contribution in [0.25, 0.3) is 10.6 Å². The molecule has 6 heteroatoms. The highest BCUT2D eigenvalue weighted by atomic mass is 32.1. The van der Waals surface area contributed by atoms with Gasteiger partial charge in [-0.1, -0.05) is 0 Å². The summed E-state index contributed by atoms with van der Waals surface area (Å²) in [5.74, 6) is 1.64. The molecule has 0 saturated carbocycles. The van der Waals surface area contributed by atoms with Crippen molar-refractivity contribution in [3.8, 4) is 10.6 Å². The Morgan fingerprint density at radius 2 is 2.25 bits per heavy atom. The molecular formula is C18H19N3O2S. The predicted molar refractivity (Wildman–Crippen MR) is 93.8 cm³/mol. The van der Waals surface area contributed by atoms with Crippen molar-refractivity contribution in [2.75, 3.05) is 0 Å². The van der Waals surface area contributed by atoms with Gasteiger partial charge in [0.25, 0.3) is 0 Å². The molecule has 3 heterocycles. The van der Waals surface area contributed by atoms with Gasteiger partial charge in [-0.3, -0.25) is 9.78 Å². The first-order chi connectivity index (χ1) is 11.5. The molecule has 0 aromatic carbocycles. The van der Waals surface area contributed by atoms with Gasteiger partial charge in [-0.05, 0) is 39.0 Å². The minimum absolute atomic E-state index is 0.0520. The Kier molecular flexibility index (Phi) is 4.76. The monoisotopic (exact) mass is 341 g/mol. The van der Waals surface area contributed by atoms with Crippen LogP contribution in [0.2, 0.25) is 0 Å². The van der Waals surface area contributed by atoms with Gasteiger partial charge in [0.05, 0.1) is 18.2 Å². The van der Waals surface area contributed by atoms with E-state index in [4.69, 9.17) is 4.42 Å². The maximum absolute atomic E-state index is 12.3. The number of carbonyl (C=O) groups excluding carboxylic acids is 1. The highest BCUT2D eigenvalue weighted by molar-refractivity contribution is 7.13. The Morgan fingerprint density at radius 3 is 2.92 bits per heavy atom. The molecule has 3 aromatic heterocycles.